The highest BCUT2D eigenvalue weighted by atomic mass is 35.5. The molecule has 1 N–H and O–H groups in total. The first-order valence-corrected chi connectivity index (χ1v) is 9.05. The van der Waals surface area contributed by atoms with Crippen LogP contribution >= 0.6 is 23.4 Å². The second-order valence-electron chi connectivity index (χ2n) is 5.73. The van der Waals surface area contributed by atoms with Crippen LogP contribution in [-0.4, -0.2) is 31.6 Å². The van der Waals surface area contributed by atoms with Gasteiger partial charge in [-0.1, -0.05) is 23.9 Å². The SMILES string of the molecule is Cc1nn(C)c2ncc(C(=O)Nc3ccccc3SC(Cl)C(F)(F)F)cc12. The van der Waals surface area contributed by atoms with Gasteiger partial charge in [-0.25, -0.2) is 4.98 Å². The Morgan fingerprint density at radius 1 is 1.33 bits per heavy atom. The van der Waals surface area contributed by atoms with Crippen LogP contribution < -0.4 is 5.32 Å². The smallest absolute Gasteiger partial charge is 0.321 e. The summed E-state index contributed by atoms with van der Waals surface area (Å²) in [6.45, 7) is 1.80. The topological polar surface area (TPSA) is 59.8 Å². The number of amides is 1. The largest absolute Gasteiger partial charge is 0.414 e. The molecule has 0 radical (unpaired) electrons. The van der Waals surface area contributed by atoms with Crippen molar-refractivity contribution < 1.29 is 18.0 Å². The maximum Gasteiger partial charge on any atom is 0.414 e. The number of nitrogens with zero attached hydrogens (tertiary/aromatic N) is 3. The average molecular weight is 415 g/mol. The predicted molar refractivity (Wildman–Crippen MR) is 99.2 cm³/mol. The molecule has 0 spiro atoms. The Morgan fingerprint density at radius 2 is 2.04 bits per heavy atom. The van der Waals surface area contributed by atoms with Gasteiger partial charge in [-0.05, 0) is 25.1 Å². The summed E-state index contributed by atoms with van der Waals surface area (Å²) in [4.78, 5) is 17.0. The van der Waals surface area contributed by atoms with Gasteiger partial charge in [0.1, 0.15) is 0 Å². The number of fused-ring (bicyclic) bond motifs is 1. The molecule has 5 nitrogen and oxygen atoms in total. The van der Waals surface area contributed by atoms with Gasteiger partial charge in [0.05, 0.1) is 16.9 Å². The quantitative estimate of drug-likeness (QED) is 0.494. The van der Waals surface area contributed by atoms with Crippen molar-refractivity contribution in [3.8, 4) is 0 Å². The highest BCUT2D eigenvalue weighted by Crippen LogP contribution is 2.40. The van der Waals surface area contributed by atoms with Crippen LogP contribution in [0.15, 0.2) is 41.4 Å². The molecule has 0 aliphatic rings. The minimum absolute atomic E-state index is 0.217. The Bertz CT molecular complexity index is 1010. The number of hydrogen-bond donors (Lipinski definition) is 1. The molecule has 2 aromatic heterocycles. The van der Waals surface area contributed by atoms with Crippen LogP contribution in [-0.2, 0) is 7.05 Å². The summed E-state index contributed by atoms with van der Waals surface area (Å²) in [5.41, 5.74) is 1.87. The van der Waals surface area contributed by atoms with Gasteiger partial charge in [0.25, 0.3) is 5.91 Å². The number of thioether (sulfide) groups is 1. The molecular formula is C17H14ClF3N4OS. The molecular weight excluding hydrogens is 401 g/mol. The number of nitrogens with one attached hydrogen (secondary N) is 1. The third-order valence-electron chi connectivity index (χ3n) is 3.75. The molecule has 142 valence electrons. The van der Waals surface area contributed by atoms with Gasteiger partial charge in [0.2, 0.25) is 0 Å². The summed E-state index contributed by atoms with van der Waals surface area (Å²) >= 11 is 5.83. The predicted octanol–water partition coefficient (Wildman–Crippen LogP) is 4.75. The maximum absolute atomic E-state index is 12.7. The van der Waals surface area contributed by atoms with Crippen molar-refractivity contribution in [2.75, 3.05) is 5.32 Å². The second kappa shape index (κ2) is 7.40. The minimum Gasteiger partial charge on any atom is -0.321 e. The zero-order chi connectivity index (χ0) is 19.8. The van der Waals surface area contributed by atoms with Gasteiger partial charge in [-0.3, -0.25) is 9.48 Å². The van der Waals surface area contributed by atoms with Gasteiger partial charge in [-0.15, -0.1) is 11.6 Å². The van der Waals surface area contributed by atoms with Crippen molar-refractivity contribution in [1.29, 1.82) is 0 Å². The summed E-state index contributed by atoms with van der Waals surface area (Å²) < 4.78 is 37.7. The van der Waals surface area contributed by atoms with E-state index in [0.717, 1.165) is 11.1 Å². The molecule has 0 aliphatic heterocycles. The number of alkyl halides is 4. The molecule has 2 heterocycles. The maximum atomic E-state index is 12.7. The highest BCUT2D eigenvalue weighted by Gasteiger charge is 2.39. The number of carbonyl (C=O) groups excluding carboxylic acids is 1. The van der Waals surface area contributed by atoms with E-state index in [9.17, 15) is 18.0 Å². The lowest BCUT2D eigenvalue weighted by Crippen LogP contribution is -2.20. The van der Waals surface area contributed by atoms with E-state index >= 15 is 0 Å². The van der Waals surface area contributed by atoms with Gasteiger partial charge < -0.3 is 5.32 Å². The molecule has 10 heteroatoms. The van der Waals surface area contributed by atoms with E-state index in [1.54, 1.807) is 36.9 Å². The number of hydrogen-bond acceptors (Lipinski definition) is 4. The van der Waals surface area contributed by atoms with E-state index in [0.29, 0.717) is 17.4 Å². The summed E-state index contributed by atoms with van der Waals surface area (Å²) in [7, 11) is 1.75. The standard InChI is InChI=1S/C17H14ClF3N4OS/c1-9-11-7-10(8-22-14(11)25(2)24-9)15(26)23-12-5-3-4-6-13(12)27-16(18)17(19,20)21/h3-8,16H,1-2H3,(H,23,26). The van der Waals surface area contributed by atoms with E-state index < -0.39 is 16.8 Å². The summed E-state index contributed by atoms with van der Waals surface area (Å²) in [6.07, 6.45) is -3.16. The molecule has 3 rings (SSSR count). The normalized spacial score (nSPS) is 13.0. The third kappa shape index (κ3) is 4.19. The Kier molecular flexibility index (Phi) is 5.34. The fourth-order valence-electron chi connectivity index (χ4n) is 2.48. The summed E-state index contributed by atoms with van der Waals surface area (Å²) in [5, 5.41) is 7.59. The van der Waals surface area contributed by atoms with E-state index in [1.807, 2.05) is 0 Å². The zero-order valence-electron chi connectivity index (χ0n) is 14.2. The first-order chi connectivity index (χ1) is 12.7. The fraction of sp³-hybridized carbons (Fsp3) is 0.235. The number of aromatic nitrogens is 3. The van der Waals surface area contributed by atoms with Crippen LogP contribution in [0.4, 0.5) is 18.9 Å². The zero-order valence-corrected chi connectivity index (χ0v) is 15.8. The van der Waals surface area contributed by atoms with Gasteiger partial charge in [0.15, 0.2) is 10.4 Å². The molecule has 0 bridgehead atoms. The van der Waals surface area contributed by atoms with E-state index in [2.05, 4.69) is 15.4 Å². The lowest BCUT2D eigenvalue weighted by Gasteiger charge is -2.16. The minimum atomic E-state index is -4.56. The number of aryl methyl sites for hydroxylation is 2. The lowest BCUT2D eigenvalue weighted by atomic mass is 10.2. The van der Waals surface area contributed by atoms with Crippen LogP contribution in [0.2, 0.25) is 0 Å². The fourth-order valence-corrected chi connectivity index (χ4v) is 3.53. The number of halogens is 4. The Labute approximate surface area is 161 Å². The molecule has 27 heavy (non-hydrogen) atoms. The van der Waals surface area contributed by atoms with Crippen LogP contribution in [0.1, 0.15) is 16.1 Å². The molecule has 1 aromatic carbocycles. The van der Waals surface area contributed by atoms with Crippen molar-refractivity contribution >= 4 is 46.0 Å². The van der Waals surface area contributed by atoms with Crippen LogP contribution in [0, 0.1) is 6.92 Å². The number of carbonyl (C=O) groups is 1. The first-order valence-electron chi connectivity index (χ1n) is 7.74. The molecule has 1 amide bonds. The van der Waals surface area contributed by atoms with E-state index in [1.165, 1.54) is 18.3 Å². The van der Waals surface area contributed by atoms with Crippen molar-refractivity contribution in [1.82, 2.24) is 14.8 Å². The molecule has 0 fully saturated rings. The van der Waals surface area contributed by atoms with Crippen LogP contribution in [0.5, 0.6) is 0 Å². The summed E-state index contributed by atoms with van der Waals surface area (Å²) in [5.74, 6) is -0.487. The van der Waals surface area contributed by atoms with Gasteiger partial charge >= 0.3 is 6.18 Å². The number of pyridine rings is 1. The van der Waals surface area contributed by atoms with Crippen molar-refractivity contribution in [2.24, 2.45) is 7.05 Å². The van der Waals surface area contributed by atoms with Crippen molar-refractivity contribution in [3.05, 3.63) is 47.8 Å². The monoisotopic (exact) mass is 414 g/mol. The molecule has 3 aromatic rings. The van der Waals surface area contributed by atoms with Gasteiger partial charge in [0, 0.05) is 23.5 Å². The first kappa shape index (κ1) is 19.5. The Morgan fingerprint density at radius 3 is 2.74 bits per heavy atom. The molecule has 0 saturated carbocycles. The van der Waals surface area contributed by atoms with Crippen LogP contribution in [0.3, 0.4) is 0 Å². The Hall–Kier alpha value is -2.26. The molecule has 0 saturated heterocycles. The molecule has 1 atom stereocenters. The highest BCUT2D eigenvalue weighted by molar-refractivity contribution is 8.01. The molecule has 1 unspecified atom stereocenters. The van der Waals surface area contributed by atoms with Crippen LogP contribution in [0.25, 0.3) is 11.0 Å². The number of para-hydroxylation sites is 1. The molecule has 0 aliphatic carbocycles. The number of benzene rings is 1. The number of anilines is 1. The third-order valence-corrected chi connectivity index (χ3v) is 5.35. The second-order valence-corrected chi connectivity index (χ2v) is 7.57. The number of rotatable bonds is 4. The Balaban J connectivity index is 1.85. The average Bonchev–Trinajstić information content (AvgIpc) is 2.89. The lowest BCUT2D eigenvalue weighted by molar-refractivity contribution is -0.113. The van der Waals surface area contributed by atoms with E-state index in [4.69, 9.17) is 11.6 Å². The van der Waals surface area contributed by atoms with Crippen molar-refractivity contribution in [3.63, 3.8) is 0 Å². The van der Waals surface area contributed by atoms with Crippen molar-refractivity contribution in [2.45, 2.75) is 22.7 Å². The van der Waals surface area contributed by atoms with Gasteiger partial charge in [-0.2, -0.15) is 18.3 Å². The summed E-state index contributed by atoms with van der Waals surface area (Å²) in [6, 6.07) is 7.82. The van der Waals surface area contributed by atoms with E-state index in [-0.39, 0.29) is 16.1 Å².